The number of benzene rings is 4. The topological polar surface area (TPSA) is 72.2 Å². The number of hydrogen-bond donors (Lipinski definition) is 2. The predicted octanol–water partition coefficient (Wildman–Crippen LogP) is 4.46. The number of hydrogen-bond acceptors (Lipinski definition) is 2. The third-order valence-corrected chi connectivity index (χ3v) is 5.08. The minimum absolute atomic E-state index is 0.0359. The molecule has 0 aliphatic rings. The van der Waals surface area contributed by atoms with Crippen LogP contribution in [-0.4, -0.2) is 11.8 Å². The van der Waals surface area contributed by atoms with Gasteiger partial charge in [0, 0.05) is 12.1 Å². The molecule has 0 spiro atoms. The fraction of sp³-hybridized carbons (Fsp3) is 0.0769. The number of primary amides is 1. The first-order valence-corrected chi connectivity index (χ1v) is 9.82. The van der Waals surface area contributed by atoms with Crippen molar-refractivity contribution in [2.45, 2.75) is 13.0 Å². The van der Waals surface area contributed by atoms with Crippen molar-refractivity contribution in [3.63, 3.8) is 0 Å². The molecule has 0 bridgehead atoms. The minimum atomic E-state index is -0.457. The molecule has 4 heteroatoms. The molecule has 0 saturated heterocycles. The lowest BCUT2D eigenvalue weighted by Gasteiger charge is -2.09. The molecule has 4 rings (SSSR count). The summed E-state index contributed by atoms with van der Waals surface area (Å²) in [4.78, 5) is 23.9. The van der Waals surface area contributed by atoms with Gasteiger partial charge in [-0.15, -0.1) is 0 Å². The molecule has 0 unspecified atom stereocenters. The predicted molar refractivity (Wildman–Crippen MR) is 120 cm³/mol. The Balaban J connectivity index is 1.42. The molecule has 0 saturated carbocycles. The molecule has 0 aromatic heterocycles. The molecule has 0 atom stereocenters. The number of nitrogens with two attached hydrogens (primary N) is 1. The van der Waals surface area contributed by atoms with E-state index in [9.17, 15) is 9.59 Å². The van der Waals surface area contributed by atoms with Gasteiger partial charge in [0.1, 0.15) is 0 Å². The Kier molecular flexibility index (Phi) is 5.57. The second-order valence-corrected chi connectivity index (χ2v) is 7.28. The Labute approximate surface area is 175 Å². The first-order valence-electron chi connectivity index (χ1n) is 9.82. The van der Waals surface area contributed by atoms with Crippen molar-refractivity contribution in [3.8, 4) is 11.1 Å². The van der Waals surface area contributed by atoms with Crippen LogP contribution in [0.2, 0.25) is 0 Å². The fourth-order valence-corrected chi connectivity index (χ4v) is 3.51. The molecule has 0 heterocycles. The van der Waals surface area contributed by atoms with Crippen molar-refractivity contribution in [3.05, 3.63) is 108 Å². The van der Waals surface area contributed by atoms with Gasteiger partial charge in [-0.05, 0) is 51.2 Å². The molecule has 0 aliphatic carbocycles. The van der Waals surface area contributed by atoms with Crippen LogP contribution >= 0.6 is 0 Å². The zero-order valence-electron chi connectivity index (χ0n) is 16.5. The molecule has 4 aromatic carbocycles. The molecule has 0 fully saturated rings. The van der Waals surface area contributed by atoms with E-state index < -0.39 is 5.91 Å². The number of nitrogens with one attached hydrogen (secondary N) is 1. The summed E-state index contributed by atoms with van der Waals surface area (Å²) in [7, 11) is 0. The third-order valence-electron chi connectivity index (χ3n) is 5.08. The summed E-state index contributed by atoms with van der Waals surface area (Å²) < 4.78 is 0. The normalized spacial score (nSPS) is 10.7. The van der Waals surface area contributed by atoms with E-state index in [1.807, 2.05) is 48.5 Å². The van der Waals surface area contributed by atoms with E-state index in [0.717, 1.165) is 27.6 Å². The highest BCUT2D eigenvalue weighted by molar-refractivity contribution is 5.94. The lowest BCUT2D eigenvalue weighted by atomic mass is 10.00. The monoisotopic (exact) mass is 394 g/mol. The van der Waals surface area contributed by atoms with E-state index in [2.05, 4.69) is 29.6 Å². The maximum Gasteiger partial charge on any atom is 0.248 e. The summed E-state index contributed by atoms with van der Waals surface area (Å²) in [5.41, 5.74) is 9.66. The van der Waals surface area contributed by atoms with Crippen LogP contribution in [0.4, 0.5) is 0 Å². The Morgan fingerprint density at radius 2 is 1.43 bits per heavy atom. The molecule has 4 aromatic rings. The van der Waals surface area contributed by atoms with Gasteiger partial charge < -0.3 is 11.1 Å². The van der Waals surface area contributed by atoms with Gasteiger partial charge in [0.25, 0.3) is 0 Å². The van der Waals surface area contributed by atoms with E-state index in [-0.39, 0.29) is 12.3 Å². The van der Waals surface area contributed by atoms with Crippen LogP contribution in [-0.2, 0) is 17.8 Å². The van der Waals surface area contributed by atoms with Gasteiger partial charge in [-0.25, -0.2) is 0 Å². The highest BCUT2D eigenvalue weighted by atomic mass is 16.1. The van der Waals surface area contributed by atoms with E-state index in [1.54, 1.807) is 18.2 Å². The van der Waals surface area contributed by atoms with Crippen molar-refractivity contribution in [1.29, 1.82) is 0 Å². The molecule has 2 amide bonds. The molecule has 4 nitrogen and oxygen atoms in total. The molecular formula is C26H22N2O2. The summed E-state index contributed by atoms with van der Waals surface area (Å²) in [5, 5.41) is 5.34. The fourth-order valence-electron chi connectivity index (χ4n) is 3.51. The van der Waals surface area contributed by atoms with E-state index in [1.165, 1.54) is 5.39 Å². The minimum Gasteiger partial charge on any atom is -0.366 e. The quantitative estimate of drug-likeness (QED) is 0.507. The largest absolute Gasteiger partial charge is 0.366 e. The van der Waals surface area contributed by atoms with Crippen LogP contribution in [0.3, 0.4) is 0 Å². The van der Waals surface area contributed by atoms with Gasteiger partial charge in [-0.3, -0.25) is 9.59 Å². The van der Waals surface area contributed by atoms with Gasteiger partial charge in [0.2, 0.25) is 11.8 Å². The van der Waals surface area contributed by atoms with E-state index >= 15 is 0 Å². The smallest absolute Gasteiger partial charge is 0.248 e. The zero-order valence-corrected chi connectivity index (χ0v) is 16.5. The van der Waals surface area contributed by atoms with Crippen molar-refractivity contribution in [2.75, 3.05) is 0 Å². The lowest BCUT2D eigenvalue weighted by molar-refractivity contribution is -0.120. The van der Waals surface area contributed by atoms with E-state index in [4.69, 9.17) is 5.73 Å². The summed E-state index contributed by atoms with van der Waals surface area (Å²) in [6.45, 7) is 0.490. The second-order valence-electron chi connectivity index (χ2n) is 7.28. The maximum atomic E-state index is 12.5. The van der Waals surface area contributed by atoms with Crippen molar-refractivity contribution in [2.24, 2.45) is 5.73 Å². The van der Waals surface area contributed by atoms with Crippen molar-refractivity contribution < 1.29 is 9.59 Å². The van der Waals surface area contributed by atoms with Crippen molar-refractivity contribution >= 4 is 22.6 Å². The van der Waals surface area contributed by atoms with Gasteiger partial charge in [0.15, 0.2) is 0 Å². The average molecular weight is 394 g/mol. The third kappa shape index (κ3) is 4.55. The average Bonchev–Trinajstić information content (AvgIpc) is 2.78. The van der Waals surface area contributed by atoms with Gasteiger partial charge >= 0.3 is 0 Å². The van der Waals surface area contributed by atoms with Crippen LogP contribution in [0.25, 0.3) is 21.9 Å². The Hall–Kier alpha value is -3.92. The number of fused-ring (bicyclic) bond motifs is 1. The first kappa shape index (κ1) is 19.4. The van der Waals surface area contributed by atoms with Crippen LogP contribution in [0, 0.1) is 0 Å². The number of amides is 2. The maximum absolute atomic E-state index is 12.5. The van der Waals surface area contributed by atoms with Crippen LogP contribution in [0.5, 0.6) is 0 Å². The molecule has 0 aliphatic heterocycles. The van der Waals surface area contributed by atoms with Gasteiger partial charge in [-0.1, -0.05) is 72.8 Å². The lowest BCUT2D eigenvalue weighted by Crippen LogP contribution is -2.24. The van der Waals surface area contributed by atoms with Gasteiger partial charge in [-0.2, -0.15) is 0 Å². The molecule has 0 radical (unpaired) electrons. The second kappa shape index (κ2) is 8.62. The highest BCUT2D eigenvalue weighted by Gasteiger charge is 2.07. The van der Waals surface area contributed by atoms with Crippen LogP contribution in [0.1, 0.15) is 21.5 Å². The summed E-state index contributed by atoms with van der Waals surface area (Å²) in [6, 6.07) is 29.3. The Bertz CT molecular complexity index is 1230. The SMILES string of the molecule is NC(=O)c1cccc(-c2cccc(CC(=O)NCc3ccc4ccccc4c3)c2)c1. The van der Waals surface area contributed by atoms with Crippen molar-refractivity contribution in [1.82, 2.24) is 5.32 Å². The van der Waals surface area contributed by atoms with Crippen LogP contribution in [0.15, 0.2) is 91.0 Å². The Morgan fingerprint density at radius 1 is 0.700 bits per heavy atom. The zero-order chi connectivity index (χ0) is 20.9. The number of carbonyl (C=O) groups excluding carboxylic acids is 2. The summed E-state index contributed by atoms with van der Waals surface area (Å²) >= 11 is 0. The summed E-state index contributed by atoms with van der Waals surface area (Å²) in [5.74, 6) is -0.493. The highest BCUT2D eigenvalue weighted by Crippen LogP contribution is 2.22. The van der Waals surface area contributed by atoms with E-state index in [0.29, 0.717) is 12.1 Å². The Morgan fingerprint density at radius 3 is 2.23 bits per heavy atom. The molecular weight excluding hydrogens is 372 g/mol. The molecule has 148 valence electrons. The standard InChI is InChI=1S/C26H22N2O2/c27-26(30)24-10-4-9-23(16-24)22-8-3-5-18(13-22)15-25(29)28-17-19-11-12-20-6-1-2-7-21(20)14-19/h1-14,16H,15,17H2,(H2,27,30)(H,28,29). The summed E-state index contributed by atoms with van der Waals surface area (Å²) in [6.07, 6.45) is 0.289. The first-order chi connectivity index (χ1) is 14.6. The molecule has 3 N–H and O–H groups in total. The number of carbonyl (C=O) groups is 2. The van der Waals surface area contributed by atoms with Crippen LogP contribution < -0.4 is 11.1 Å². The van der Waals surface area contributed by atoms with Gasteiger partial charge in [0.05, 0.1) is 6.42 Å². The number of rotatable bonds is 6. The molecule has 30 heavy (non-hydrogen) atoms.